The highest BCUT2D eigenvalue weighted by Gasteiger charge is 2.19. The lowest BCUT2D eigenvalue weighted by atomic mass is 11.7. The fraction of sp³-hybridized carbons (Fsp3) is 0.500. The number of rotatable bonds is 1. The van der Waals surface area contributed by atoms with Crippen molar-refractivity contribution in [2.24, 2.45) is 4.40 Å². The number of hydrogen-bond donors (Lipinski definition) is 0. The van der Waals surface area contributed by atoms with Gasteiger partial charge in [-0.15, -0.1) is 4.40 Å². The second-order valence-electron chi connectivity index (χ2n) is 0.720. The van der Waals surface area contributed by atoms with E-state index >= 15 is 0 Å². The van der Waals surface area contributed by atoms with Crippen molar-refractivity contribution >= 4 is 52.8 Å². The Balaban J connectivity index is 3.55. The summed E-state index contributed by atoms with van der Waals surface area (Å²) in [5.74, 6) is 0. The van der Waals surface area contributed by atoms with Crippen LogP contribution in [0.25, 0.3) is 0 Å². The molecule has 0 amide bonds. The predicted molar refractivity (Wildman–Crippen MR) is 36.0 cm³/mol. The van der Waals surface area contributed by atoms with E-state index in [1.165, 1.54) is 6.08 Å². The van der Waals surface area contributed by atoms with Gasteiger partial charge in [-0.2, -0.15) is 0 Å². The largest absolute Gasteiger partial charge is 0.258 e. The monoisotopic (exact) mass is 191 g/mol. The maximum Gasteiger partial charge on any atom is 0.258 e. The van der Waals surface area contributed by atoms with Crippen LogP contribution >= 0.6 is 46.8 Å². The minimum absolute atomic E-state index is 0.531. The number of isocyanates is 1. The van der Waals surface area contributed by atoms with Crippen LogP contribution < -0.4 is 0 Å². The molecule has 0 heterocycles. The lowest BCUT2D eigenvalue weighted by Gasteiger charge is -2.00. The summed E-state index contributed by atoms with van der Waals surface area (Å²) < 4.78 is 1.41. The molecule has 0 spiro atoms. The number of halogens is 3. The second kappa shape index (κ2) is 3.59. The molecule has 0 N–H and O–H groups in total. The summed E-state index contributed by atoms with van der Waals surface area (Å²) in [6.45, 7) is 0. The first-order valence-corrected chi connectivity index (χ1v) is 3.29. The van der Waals surface area contributed by atoms with Crippen LogP contribution in [0.3, 0.4) is 0 Å². The lowest BCUT2D eigenvalue weighted by Crippen LogP contribution is -1.88. The Labute approximate surface area is 65.3 Å². The van der Waals surface area contributed by atoms with Gasteiger partial charge in [0.15, 0.2) is 0 Å². The van der Waals surface area contributed by atoms with Crippen molar-refractivity contribution in [3.05, 3.63) is 0 Å². The van der Waals surface area contributed by atoms with Crippen molar-refractivity contribution in [1.29, 1.82) is 0 Å². The van der Waals surface area contributed by atoms with Crippen LogP contribution in [0.5, 0.6) is 0 Å². The van der Waals surface area contributed by atoms with E-state index in [1.807, 2.05) is 0 Å². The van der Waals surface area contributed by atoms with Gasteiger partial charge in [0.05, 0.1) is 0 Å². The smallest absolute Gasteiger partial charge is 0.210 e. The van der Waals surface area contributed by atoms with Crippen molar-refractivity contribution in [3.63, 3.8) is 0 Å². The van der Waals surface area contributed by atoms with Gasteiger partial charge in [-0.25, -0.2) is 4.79 Å². The summed E-state index contributed by atoms with van der Waals surface area (Å²) in [5.41, 5.74) is 0. The molecule has 0 aliphatic rings. The maximum absolute atomic E-state index is 9.36. The molecule has 6 heteroatoms. The van der Waals surface area contributed by atoms with Crippen LogP contribution in [0.15, 0.2) is 4.40 Å². The standard InChI is InChI=1S/C2Cl3NOS/c3-2(4,5)8-6-1-7. The topological polar surface area (TPSA) is 29.4 Å². The second-order valence-corrected chi connectivity index (χ2v) is 4.65. The molecule has 0 fully saturated rings. The van der Waals surface area contributed by atoms with Crippen molar-refractivity contribution in [1.82, 2.24) is 0 Å². The molecule has 2 nitrogen and oxygen atoms in total. The number of carbonyl (C=O) groups excluding carboxylic acids is 1. The molecule has 0 saturated heterocycles. The van der Waals surface area contributed by atoms with Crippen molar-refractivity contribution in [3.8, 4) is 0 Å². The van der Waals surface area contributed by atoms with E-state index in [9.17, 15) is 4.79 Å². The Morgan fingerprint density at radius 1 is 1.50 bits per heavy atom. The van der Waals surface area contributed by atoms with E-state index in [-0.39, 0.29) is 0 Å². The van der Waals surface area contributed by atoms with Gasteiger partial charge in [0, 0.05) is 11.9 Å². The third-order valence-corrected chi connectivity index (χ3v) is 1.18. The Morgan fingerprint density at radius 2 is 2.00 bits per heavy atom. The molecule has 0 aliphatic heterocycles. The summed E-state index contributed by atoms with van der Waals surface area (Å²) in [6.07, 6.45) is 1.21. The molecule has 0 atom stereocenters. The average Bonchev–Trinajstić information content (AvgIpc) is 1.59. The number of hydrogen-bond acceptors (Lipinski definition) is 3. The van der Waals surface area contributed by atoms with Crippen LogP contribution in [0.4, 0.5) is 0 Å². The molecule has 0 saturated carbocycles. The van der Waals surface area contributed by atoms with Gasteiger partial charge in [0.2, 0.25) is 6.08 Å². The average molecular weight is 192 g/mol. The van der Waals surface area contributed by atoms with Crippen LogP contribution in [0, 0.1) is 0 Å². The molecule has 8 heavy (non-hydrogen) atoms. The normalized spacial score (nSPS) is 10.4. The molecule has 0 bridgehead atoms. The molecule has 0 aromatic heterocycles. The summed E-state index contributed by atoms with van der Waals surface area (Å²) >= 11 is 15.9. The van der Waals surface area contributed by atoms with E-state index in [0.717, 1.165) is 0 Å². The maximum atomic E-state index is 9.36. The van der Waals surface area contributed by atoms with E-state index < -0.39 is 3.12 Å². The molecule has 0 unspecified atom stereocenters. The third-order valence-electron chi connectivity index (χ3n) is 0.186. The zero-order valence-corrected chi connectivity index (χ0v) is 6.48. The quantitative estimate of drug-likeness (QED) is 0.276. The van der Waals surface area contributed by atoms with Gasteiger partial charge in [0.25, 0.3) is 3.12 Å². The highest BCUT2D eigenvalue weighted by Crippen LogP contribution is 2.38. The van der Waals surface area contributed by atoms with E-state index in [1.54, 1.807) is 0 Å². The Kier molecular flexibility index (Phi) is 3.86. The highest BCUT2D eigenvalue weighted by atomic mass is 35.6. The first kappa shape index (κ1) is 8.60. The van der Waals surface area contributed by atoms with Gasteiger partial charge in [-0.3, -0.25) is 0 Å². The lowest BCUT2D eigenvalue weighted by molar-refractivity contribution is 0.566. The van der Waals surface area contributed by atoms with Crippen molar-refractivity contribution in [2.45, 2.75) is 3.12 Å². The van der Waals surface area contributed by atoms with Gasteiger partial charge in [-0.1, -0.05) is 34.8 Å². The Morgan fingerprint density at radius 3 is 2.12 bits per heavy atom. The summed E-state index contributed by atoms with van der Waals surface area (Å²) in [7, 11) is 0. The van der Waals surface area contributed by atoms with Gasteiger partial charge in [0.1, 0.15) is 0 Å². The molecule has 0 rings (SSSR count). The van der Waals surface area contributed by atoms with Gasteiger partial charge in [-0.05, 0) is 0 Å². The molecular formula is C2Cl3NOS. The van der Waals surface area contributed by atoms with E-state index in [4.69, 9.17) is 34.8 Å². The predicted octanol–water partition coefficient (Wildman–Crippen LogP) is 2.30. The minimum atomic E-state index is -1.54. The fourth-order valence-corrected chi connectivity index (χ4v) is 0.522. The van der Waals surface area contributed by atoms with Crippen LogP contribution in [0.1, 0.15) is 0 Å². The van der Waals surface area contributed by atoms with Crippen molar-refractivity contribution in [2.75, 3.05) is 0 Å². The van der Waals surface area contributed by atoms with E-state index in [2.05, 4.69) is 4.40 Å². The third kappa shape index (κ3) is 6.60. The van der Waals surface area contributed by atoms with Gasteiger partial charge < -0.3 is 0 Å². The number of nitrogens with zero attached hydrogens (tertiary/aromatic N) is 1. The molecular weight excluding hydrogens is 192 g/mol. The van der Waals surface area contributed by atoms with Crippen molar-refractivity contribution < 1.29 is 4.79 Å². The van der Waals surface area contributed by atoms with Crippen LogP contribution in [-0.4, -0.2) is 9.20 Å². The van der Waals surface area contributed by atoms with E-state index in [0.29, 0.717) is 11.9 Å². The highest BCUT2D eigenvalue weighted by molar-refractivity contribution is 8.03. The summed E-state index contributed by atoms with van der Waals surface area (Å²) in [5, 5.41) is 0. The summed E-state index contributed by atoms with van der Waals surface area (Å²) in [4.78, 5) is 9.36. The summed E-state index contributed by atoms with van der Waals surface area (Å²) in [6, 6.07) is 0. The molecule has 46 valence electrons. The SMILES string of the molecule is O=C=NSC(Cl)(Cl)Cl. The molecule has 0 aliphatic carbocycles. The zero-order chi connectivity index (χ0) is 6.62. The number of alkyl halides is 3. The fourth-order valence-electron chi connectivity index (χ4n) is 0.0704. The zero-order valence-electron chi connectivity index (χ0n) is 3.40. The Bertz CT molecular complexity index is 115. The van der Waals surface area contributed by atoms with Crippen LogP contribution in [-0.2, 0) is 4.79 Å². The first-order valence-electron chi connectivity index (χ1n) is 1.38. The minimum Gasteiger partial charge on any atom is -0.210 e. The molecule has 0 radical (unpaired) electrons. The molecule has 0 aromatic rings. The van der Waals surface area contributed by atoms with Gasteiger partial charge >= 0.3 is 0 Å². The molecule has 0 aromatic carbocycles. The van der Waals surface area contributed by atoms with Crippen LogP contribution in [0.2, 0.25) is 0 Å². The first-order chi connectivity index (χ1) is 3.56. The Hall–Kier alpha value is 0.600.